The first-order valence-corrected chi connectivity index (χ1v) is 9.82. The summed E-state index contributed by atoms with van der Waals surface area (Å²) in [6.45, 7) is 5.03. The van der Waals surface area contributed by atoms with Crippen molar-refractivity contribution in [2.45, 2.75) is 32.8 Å². The van der Waals surface area contributed by atoms with Crippen LogP contribution in [0.4, 0.5) is 5.69 Å². The molecule has 1 aromatic carbocycles. The van der Waals surface area contributed by atoms with E-state index in [4.69, 9.17) is 9.47 Å². The van der Waals surface area contributed by atoms with Crippen molar-refractivity contribution in [3.8, 4) is 5.75 Å². The Labute approximate surface area is 162 Å². The van der Waals surface area contributed by atoms with Gasteiger partial charge in [0.25, 0.3) is 5.91 Å². The summed E-state index contributed by atoms with van der Waals surface area (Å²) in [4.78, 5) is 26.0. The molecule has 7 heteroatoms. The molecule has 0 saturated carbocycles. The SMILES string of the molecule is Cc1ccc(NC(=O)CNC(=O)c2ccc(C)s2)c(OCC2CCCO2)c1. The maximum atomic E-state index is 12.2. The van der Waals surface area contributed by atoms with Gasteiger partial charge in [-0.3, -0.25) is 9.59 Å². The summed E-state index contributed by atoms with van der Waals surface area (Å²) < 4.78 is 11.5. The molecule has 0 aliphatic carbocycles. The second kappa shape index (κ2) is 9.01. The van der Waals surface area contributed by atoms with Gasteiger partial charge in [0.2, 0.25) is 5.91 Å². The first kappa shape index (κ1) is 19.4. The highest BCUT2D eigenvalue weighted by Gasteiger charge is 2.17. The molecule has 2 heterocycles. The molecule has 6 nitrogen and oxygen atoms in total. The quantitative estimate of drug-likeness (QED) is 0.763. The molecule has 1 atom stereocenters. The van der Waals surface area contributed by atoms with Crippen molar-refractivity contribution in [3.63, 3.8) is 0 Å². The van der Waals surface area contributed by atoms with E-state index in [1.165, 1.54) is 11.3 Å². The highest BCUT2D eigenvalue weighted by molar-refractivity contribution is 7.13. The summed E-state index contributed by atoms with van der Waals surface area (Å²) in [6, 6.07) is 9.23. The molecule has 2 amide bonds. The monoisotopic (exact) mass is 388 g/mol. The van der Waals surface area contributed by atoms with Crippen molar-refractivity contribution < 1.29 is 19.1 Å². The predicted molar refractivity (Wildman–Crippen MR) is 106 cm³/mol. The van der Waals surface area contributed by atoms with E-state index >= 15 is 0 Å². The van der Waals surface area contributed by atoms with Gasteiger partial charge in [0.05, 0.1) is 23.2 Å². The molecule has 1 aromatic heterocycles. The Morgan fingerprint density at radius 3 is 2.81 bits per heavy atom. The van der Waals surface area contributed by atoms with Gasteiger partial charge in [0.15, 0.2) is 0 Å². The fraction of sp³-hybridized carbons (Fsp3) is 0.400. The number of hydrogen-bond donors (Lipinski definition) is 2. The number of nitrogens with one attached hydrogen (secondary N) is 2. The minimum atomic E-state index is -0.303. The first-order valence-electron chi connectivity index (χ1n) is 9.01. The molecule has 144 valence electrons. The van der Waals surface area contributed by atoms with E-state index in [2.05, 4.69) is 10.6 Å². The number of ether oxygens (including phenoxy) is 2. The average Bonchev–Trinajstić information content (AvgIpc) is 3.31. The number of carbonyl (C=O) groups is 2. The van der Waals surface area contributed by atoms with Gasteiger partial charge < -0.3 is 20.1 Å². The zero-order chi connectivity index (χ0) is 19.2. The van der Waals surface area contributed by atoms with Crippen LogP contribution < -0.4 is 15.4 Å². The predicted octanol–water partition coefficient (Wildman–Crippen LogP) is 3.29. The van der Waals surface area contributed by atoms with Crippen LogP contribution in [0.25, 0.3) is 0 Å². The number of thiophene rings is 1. The van der Waals surface area contributed by atoms with Crippen molar-refractivity contribution in [2.75, 3.05) is 25.1 Å². The Morgan fingerprint density at radius 1 is 1.26 bits per heavy atom. The topological polar surface area (TPSA) is 76.7 Å². The zero-order valence-electron chi connectivity index (χ0n) is 15.5. The molecule has 1 aliphatic heterocycles. The van der Waals surface area contributed by atoms with Crippen LogP contribution in [-0.4, -0.2) is 37.7 Å². The molecule has 27 heavy (non-hydrogen) atoms. The van der Waals surface area contributed by atoms with Crippen LogP contribution in [0.1, 0.15) is 33.0 Å². The lowest BCUT2D eigenvalue weighted by Gasteiger charge is -2.16. The lowest BCUT2D eigenvalue weighted by molar-refractivity contribution is -0.115. The van der Waals surface area contributed by atoms with E-state index in [9.17, 15) is 9.59 Å². The second-order valence-electron chi connectivity index (χ2n) is 6.59. The third kappa shape index (κ3) is 5.55. The molecule has 0 radical (unpaired) electrons. The van der Waals surface area contributed by atoms with Gasteiger partial charge in [-0.05, 0) is 56.5 Å². The summed E-state index contributed by atoms with van der Waals surface area (Å²) in [6.07, 6.45) is 2.14. The fourth-order valence-corrected chi connectivity index (χ4v) is 3.59. The van der Waals surface area contributed by atoms with Gasteiger partial charge in [-0.25, -0.2) is 0 Å². The standard InChI is InChI=1S/C20H24N2O4S/c1-13-5-7-16(17(10-13)26-12-15-4-3-9-25-15)22-19(23)11-21-20(24)18-8-6-14(2)27-18/h5-8,10,15H,3-4,9,11-12H2,1-2H3,(H,21,24)(H,22,23). The van der Waals surface area contributed by atoms with E-state index in [1.54, 1.807) is 6.07 Å². The van der Waals surface area contributed by atoms with Crippen LogP contribution >= 0.6 is 11.3 Å². The summed E-state index contributed by atoms with van der Waals surface area (Å²) in [7, 11) is 0. The molecule has 1 unspecified atom stereocenters. The Morgan fingerprint density at radius 2 is 2.11 bits per heavy atom. The molecule has 0 bridgehead atoms. The van der Waals surface area contributed by atoms with Crippen LogP contribution in [0.5, 0.6) is 5.75 Å². The van der Waals surface area contributed by atoms with E-state index in [0.717, 1.165) is 29.9 Å². The van der Waals surface area contributed by atoms with E-state index in [0.29, 0.717) is 22.9 Å². The normalized spacial score (nSPS) is 16.1. The van der Waals surface area contributed by atoms with Gasteiger partial charge in [0.1, 0.15) is 12.4 Å². The smallest absolute Gasteiger partial charge is 0.261 e. The Balaban J connectivity index is 1.55. The molecular weight excluding hydrogens is 364 g/mol. The lowest BCUT2D eigenvalue weighted by atomic mass is 10.2. The summed E-state index contributed by atoms with van der Waals surface area (Å²) in [5.41, 5.74) is 1.63. The van der Waals surface area contributed by atoms with Crippen LogP contribution in [0.15, 0.2) is 30.3 Å². The van der Waals surface area contributed by atoms with Crippen molar-refractivity contribution in [1.29, 1.82) is 0 Å². The fourth-order valence-electron chi connectivity index (χ4n) is 2.81. The number of aryl methyl sites for hydroxylation is 2. The number of rotatable bonds is 7. The number of hydrogen-bond acceptors (Lipinski definition) is 5. The van der Waals surface area contributed by atoms with E-state index < -0.39 is 0 Å². The average molecular weight is 388 g/mol. The van der Waals surface area contributed by atoms with Crippen LogP contribution in [0.2, 0.25) is 0 Å². The second-order valence-corrected chi connectivity index (χ2v) is 7.87. The van der Waals surface area contributed by atoms with Crippen molar-refractivity contribution >= 4 is 28.8 Å². The maximum absolute atomic E-state index is 12.2. The van der Waals surface area contributed by atoms with Crippen LogP contribution in [-0.2, 0) is 9.53 Å². The third-order valence-electron chi connectivity index (χ3n) is 4.23. The van der Waals surface area contributed by atoms with Gasteiger partial charge in [-0.1, -0.05) is 6.07 Å². The molecule has 0 spiro atoms. The molecular formula is C20H24N2O4S. The minimum Gasteiger partial charge on any atom is -0.489 e. The maximum Gasteiger partial charge on any atom is 0.261 e. The van der Waals surface area contributed by atoms with Gasteiger partial charge in [0, 0.05) is 11.5 Å². The Bertz CT molecular complexity index is 812. The number of benzene rings is 1. The first-order chi connectivity index (χ1) is 13.0. The Hall–Kier alpha value is -2.38. The summed E-state index contributed by atoms with van der Waals surface area (Å²) in [5, 5.41) is 5.45. The molecule has 1 aliphatic rings. The third-order valence-corrected chi connectivity index (χ3v) is 5.23. The largest absolute Gasteiger partial charge is 0.489 e. The molecule has 2 aromatic rings. The van der Waals surface area contributed by atoms with Gasteiger partial charge in [-0.2, -0.15) is 0 Å². The van der Waals surface area contributed by atoms with E-state index in [-0.39, 0.29) is 24.5 Å². The lowest BCUT2D eigenvalue weighted by Crippen LogP contribution is -2.32. The van der Waals surface area contributed by atoms with Crippen LogP contribution in [0, 0.1) is 13.8 Å². The molecule has 1 fully saturated rings. The molecule has 3 rings (SSSR count). The number of carbonyl (C=O) groups excluding carboxylic acids is 2. The van der Waals surface area contributed by atoms with Crippen molar-refractivity contribution in [2.24, 2.45) is 0 Å². The Kier molecular flexibility index (Phi) is 6.47. The van der Waals surface area contributed by atoms with Gasteiger partial charge >= 0.3 is 0 Å². The van der Waals surface area contributed by atoms with Crippen LogP contribution in [0.3, 0.4) is 0 Å². The van der Waals surface area contributed by atoms with E-state index in [1.807, 2.05) is 38.1 Å². The number of amides is 2. The van der Waals surface area contributed by atoms with Crippen molar-refractivity contribution in [1.82, 2.24) is 5.32 Å². The molecule has 1 saturated heterocycles. The van der Waals surface area contributed by atoms with Gasteiger partial charge in [-0.15, -0.1) is 11.3 Å². The summed E-state index contributed by atoms with van der Waals surface area (Å²) in [5.74, 6) is 0.0588. The highest BCUT2D eigenvalue weighted by atomic mass is 32.1. The zero-order valence-corrected chi connectivity index (χ0v) is 16.4. The summed E-state index contributed by atoms with van der Waals surface area (Å²) >= 11 is 1.40. The highest BCUT2D eigenvalue weighted by Crippen LogP contribution is 2.27. The van der Waals surface area contributed by atoms with Crippen molar-refractivity contribution in [3.05, 3.63) is 45.6 Å². The minimum absolute atomic E-state index is 0.0996. The number of anilines is 1. The molecule has 2 N–H and O–H groups in total.